The quantitative estimate of drug-likeness (QED) is 0.282. The van der Waals surface area contributed by atoms with Gasteiger partial charge in [-0.1, -0.05) is 42.1 Å². The second kappa shape index (κ2) is 7.46. The third kappa shape index (κ3) is 3.43. The van der Waals surface area contributed by atoms with Gasteiger partial charge in [-0.05, 0) is 35.7 Å². The van der Waals surface area contributed by atoms with Crippen LogP contribution >= 0.6 is 23.1 Å². The molecule has 0 spiro atoms. The minimum Gasteiger partial charge on any atom is -0.292 e. The summed E-state index contributed by atoms with van der Waals surface area (Å²) in [7, 11) is 0. The number of thiophene rings is 1. The van der Waals surface area contributed by atoms with Crippen LogP contribution in [0.1, 0.15) is 9.67 Å². The van der Waals surface area contributed by atoms with Gasteiger partial charge in [0.2, 0.25) is 0 Å². The van der Waals surface area contributed by atoms with Crippen molar-refractivity contribution in [3.8, 4) is 5.69 Å². The van der Waals surface area contributed by atoms with E-state index in [0.29, 0.717) is 15.8 Å². The van der Waals surface area contributed by atoms with Crippen molar-refractivity contribution in [3.05, 3.63) is 87.1 Å². The van der Waals surface area contributed by atoms with Crippen LogP contribution in [-0.2, 0) is 0 Å². The fourth-order valence-corrected chi connectivity index (χ4v) is 4.34. The molecule has 0 unspecified atom stereocenters. The van der Waals surface area contributed by atoms with Gasteiger partial charge in [0.15, 0.2) is 10.9 Å². The number of hydrogen-bond donors (Lipinski definition) is 0. The lowest BCUT2D eigenvalue weighted by Crippen LogP contribution is -2.23. The van der Waals surface area contributed by atoms with Gasteiger partial charge in [0.05, 0.1) is 27.2 Å². The van der Waals surface area contributed by atoms with Gasteiger partial charge in [-0.15, -0.1) is 11.3 Å². The van der Waals surface area contributed by atoms with E-state index in [1.807, 2.05) is 11.4 Å². The molecule has 4 nitrogen and oxygen atoms in total. The molecule has 2 aromatic carbocycles. The van der Waals surface area contributed by atoms with Crippen LogP contribution in [0, 0.1) is 5.82 Å². The van der Waals surface area contributed by atoms with Crippen molar-refractivity contribution in [3.63, 3.8) is 0 Å². The molecule has 0 aliphatic carbocycles. The molecule has 4 rings (SSSR count). The fraction of sp³-hybridized carbons (Fsp3) is 0.0500. The molecule has 2 heterocycles. The topological polar surface area (TPSA) is 52.0 Å². The monoisotopic (exact) mass is 396 g/mol. The van der Waals surface area contributed by atoms with Gasteiger partial charge in [0, 0.05) is 0 Å². The molecule has 0 amide bonds. The highest BCUT2D eigenvalue weighted by Gasteiger charge is 2.17. The van der Waals surface area contributed by atoms with Crippen LogP contribution in [0.3, 0.4) is 0 Å². The second-order valence-electron chi connectivity index (χ2n) is 5.69. The first-order chi connectivity index (χ1) is 13.1. The van der Waals surface area contributed by atoms with Gasteiger partial charge in [-0.25, -0.2) is 9.37 Å². The van der Waals surface area contributed by atoms with Crippen LogP contribution in [0.2, 0.25) is 0 Å². The third-order valence-corrected chi connectivity index (χ3v) is 5.82. The SMILES string of the molecule is O=C(CSc1nc2ccccc2c(=O)n1-c1ccccc1F)c1cccs1. The van der Waals surface area contributed by atoms with Crippen molar-refractivity contribution in [2.45, 2.75) is 5.16 Å². The number of aromatic nitrogens is 2. The predicted molar refractivity (Wildman–Crippen MR) is 107 cm³/mol. The molecule has 27 heavy (non-hydrogen) atoms. The molecule has 0 N–H and O–H groups in total. The number of hydrogen-bond acceptors (Lipinski definition) is 5. The van der Waals surface area contributed by atoms with E-state index in [0.717, 1.165) is 11.8 Å². The molecular formula is C20H13FN2O2S2. The molecule has 4 aromatic rings. The number of carbonyl (C=O) groups excluding carboxylic acids is 1. The highest BCUT2D eigenvalue weighted by Crippen LogP contribution is 2.24. The van der Waals surface area contributed by atoms with E-state index in [1.165, 1.54) is 28.0 Å². The molecular weight excluding hydrogens is 383 g/mol. The largest absolute Gasteiger partial charge is 0.292 e. The van der Waals surface area contributed by atoms with Crippen molar-refractivity contribution in [1.82, 2.24) is 9.55 Å². The van der Waals surface area contributed by atoms with E-state index >= 15 is 0 Å². The first-order valence-electron chi connectivity index (χ1n) is 8.11. The Bertz CT molecular complexity index is 1190. The number of Topliss-reactive ketones (excluding diaryl/α,β-unsaturated/α-hetero) is 1. The number of benzene rings is 2. The molecule has 0 saturated heterocycles. The van der Waals surface area contributed by atoms with E-state index in [1.54, 1.807) is 42.5 Å². The summed E-state index contributed by atoms with van der Waals surface area (Å²) in [5.41, 5.74) is 0.268. The number of para-hydroxylation sites is 2. The standard InChI is InChI=1S/C20H13FN2O2S2/c21-14-7-2-4-9-16(14)23-19(25)13-6-1-3-8-15(13)22-20(23)27-12-17(24)18-10-5-11-26-18/h1-11H,12H2. The highest BCUT2D eigenvalue weighted by molar-refractivity contribution is 7.99. The van der Waals surface area contributed by atoms with Gasteiger partial charge in [-0.2, -0.15) is 0 Å². The third-order valence-electron chi connectivity index (χ3n) is 3.97. The molecule has 0 saturated carbocycles. The number of halogens is 1. The van der Waals surface area contributed by atoms with Crippen molar-refractivity contribution >= 4 is 39.8 Å². The molecule has 0 bridgehead atoms. The Labute approximate surface area is 162 Å². The van der Waals surface area contributed by atoms with Crippen LogP contribution < -0.4 is 5.56 Å². The first kappa shape index (κ1) is 17.6. The molecule has 0 fully saturated rings. The summed E-state index contributed by atoms with van der Waals surface area (Å²) in [6, 6.07) is 16.5. The highest BCUT2D eigenvalue weighted by atomic mass is 32.2. The minimum absolute atomic E-state index is 0.0579. The van der Waals surface area contributed by atoms with Crippen LogP contribution in [0.4, 0.5) is 4.39 Å². The van der Waals surface area contributed by atoms with E-state index in [2.05, 4.69) is 4.98 Å². The van der Waals surface area contributed by atoms with Crippen molar-refractivity contribution < 1.29 is 9.18 Å². The summed E-state index contributed by atoms with van der Waals surface area (Å²) in [4.78, 5) is 30.5. The molecule has 0 atom stereocenters. The maximum Gasteiger partial charge on any atom is 0.266 e. The van der Waals surface area contributed by atoms with Crippen LogP contribution in [-0.4, -0.2) is 21.1 Å². The Morgan fingerprint density at radius 2 is 1.85 bits per heavy atom. The Balaban J connectivity index is 1.83. The lowest BCUT2D eigenvalue weighted by atomic mass is 10.2. The summed E-state index contributed by atoms with van der Waals surface area (Å²) >= 11 is 2.49. The average molecular weight is 396 g/mol. The zero-order valence-electron chi connectivity index (χ0n) is 14.0. The minimum atomic E-state index is -0.525. The summed E-state index contributed by atoms with van der Waals surface area (Å²) in [6.07, 6.45) is 0. The van der Waals surface area contributed by atoms with E-state index in [-0.39, 0.29) is 27.9 Å². The molecule has 2 aromatic heterocycles. The van der Waals surface area contributed by atoms with Gasteiger partial charge < -0.3 is 0 Å². The molecule has 0 radical (unpaired) electrons. The summed E-state index contributed by atoms with van der Waals surface area (Å²) in [5, 5.41) is 2.52. The van der Waals surface area contributed by atoms with Gasteiger partial charge in [0.25, 0.3) is 5.56 Å². The molecule has 7 heteroatoms. The summed E-state index contributed by atoms with van der Waals surface area (Å²) < 4.78 is 15.6. The zero-order chi connectivity index (χ0) is 18.8. The smallest absolute Gasteiger partial charge is 0.266 e. The lowest BCUT2D eigenvalue weighted by molar-refractivity contribution is 0.102. The lowest BCUT2D eigenvalue weighted by Gasteiger charge is -2.13. The van der Waals surface area contributed by atoms with E-state index in [4.69, 9.17) is 0 Å². The Hall–Kier alpha value is -2.77. The number of carbonyl (C=O) groups is 1. The average Bonchev–Trinajstić information content (AvgIpc) is 3.22. The van der Waals surface area contributed by atoms with Gasteiger partial charge in [0.1, 0.15) is 5.82 Å². The molecule has 134 valence electrons. The van der Waals surface area contributed by atoms with Crippen molar-refractivity contribution in [2.24, 2.45) is 0 Å². The first-order valence-corrected chi connectivity index (χ1v) is 9.98. The molecule has 0 aliphatic rings. The number of thioether (sulfide) groups is 1. The number of rotatable bonds is 5. The van der Waals surface area contributed by atoms with Crippen LogP contribution in [0.5, 0.6) is 0 Å². The second-order valence-corrected chi connectivity index (χ2v) is 7.58. The number of ketones is 1. The summed E-state index contributed by atoms with van der Waals surface area (Å²) in [6.45, 7) is 0. The van der Waals surface area contributed by atoms with Crippen molar-refractivity contribution in [1.29, 1.82) is 0 Å². The Kier molecular flexibility index (Phi) is 4.87. The number of nitrogens with zero attached hydrogens (tertiary/aromatic N) is 2. The maximum absolute atomic E-state index is 14.4. The van der Waals surface area contributed by atoms with Crippen LogP contribution in [0.15, 0.2) is 76.0 Å². The van der Waals surface area contributed by atoms with Crippen LogP contribution in [0.25, 0.3) is 16.6 Å². The summed E-state index contributed by atoms with van der Waals surface area (Å²) in [5.74, 6) is -0.472. The Morgan fingerprint density at radius 1 is 1.07 bits per heavy atom. The zero-order valence-corrected chi connectivity index (χ0v) is 15.6. The molecule has 0 aliphatic heterocycles. The maximum atomic E-state index is 14.4. The van der Waals surface area contributed by atoms with E-state index < -0.39 is 5.82 Å². The Morgan fingerprint density at radius 3 is 2.63 bits per heavy atom. The normalized spacial score (nSPS) is 11.0. The number of fused-ring (bicyclic) bond motifs is 1. The van der Waals surface area contributed by atoms with Gasteiger partial charge >= 0.3 is 0 Å². The van der Waals surface area contributed by atoms with E-state index in [9.17, 15) is 14.0 Å². The van der Waals surface area contributed by atoms with Gasteiger partial charge in [-0.3, -0.25) is 14.2 Å². The fourth-order valence-electron chi connectivity index (χ4n) is 2.69. The predicted octanol–water partition coefficient (Wildman–Crippen LogP) is 4.56. The van der Waals surface area contributed by atoms with Crippen molar-refractivity contribution in [2.75, 3.05) is 5.75 Å².